The molecule has 0 aliphatic carbocycles. The molecule has 7 heteroatoms. The zero-order valence-corrected chi connectivity index (χ0v) is 14.3. The molecule has 0 radical (unpaired) electrons. The summed E-state index contributed by atoms with van der Waals surface area (Å²) in [6.45, 7) is 0.751. The van der Waals surface area contributed by atoms with Crippen molar-refractivity contribution in [1.29, 1.82) is 0 Å². The Morgan fingerprint density at radius 3 is 3.12 bits per heavy atom. The predicted octanol–water partition coefficient (Wildman–Crippen LogP) is 1.60. The molecule has 0 aromatic carbocycles. The van der Waals surface area contributed by atoms with Gasteiger partial charge in [-0.1, -0.05) is 6.07 Å². The van der Waals surface area contributed by atoms with E-state index in [2.05, 4.69) is 14.9 Å². The Balaban J connectivity index is 1.48. The number of carbonyl (C=O) groups is 2. The number of nitrogens with zero attached hydrogens (tertiary/aromatic N) is 3. The molecule has 3 atom stereocenters. The molecule has 0 spiro atoms. The van der Waals surface area contributed by atoms with Crippen LogP contribution in [0.3, 0.4) is 0 Å². The number of rotatable bonds is 3. The molecule has 4 heterocycles. The Bertz CT molecular complexity index is 754. The van der Waals surface area contributed by atoms with Gasteiger partial charge in [0.15, 0.2) is 0 Å². The van der Waals surface area contributed by atoms with Crippen LogP contribution in [0.1, 0.15) is 29.6 Å². The van der Waals surface area contributed by atoms with E-state index in [1.165, 1.54) is 0 Å². The number of hydrogen-bond acceptors (Lipinski definition) is 4. The summed E-state index contributed by atoms with van der Waals surface area (Å²) in [6, 6.07) is 3.92. The summed E-state index contributed by atoms with van der Waals surface area (Å²) in [6.07, 6.45) is 5.80. The van der Waals surface area contributed by atoms with Crippen LogP contribution in [0.4, 0.5) is 0 Å². The molecule has 0 unspecified atom stereocenters. The first kappa shape index (κ1) is 15.4. The Hall–Kier alpha value is -2.15. The lowest BCUT2D eigenvalue weighted by molar-refractivity contribution is -0.128. The molecule has 1 fully saturated rings. The molecule has 2 aromatic heterocycles. The minimum atomic E-state index is -0.315. The molecule has 2 amide bonds. The van der Waals surface area contributed by atoms with Crippen LogP contribution in [0.2, 0.25) is 0 Å². The Morgan fingerprint density at radius 1 is 1.46 bits per heavy atom. The van der Waals surface area contributed by atoms with Crippen LogP contribution in [0.25, 0.3) is 0 Å². The summed E-state index contributed by atoms with van der Waals surface area (Å²) in [4.78, 5) is 32.1. The average Bonchev–Trinajstić information content (AvgIpc) is 3.28. The molecule has 1 N–H and O–H groups in total. The minimum absolute atomic E-state index is 0.0142. The molecule has 2 aromatic rings. The number of imidazole rings is 1. The van der Waals surface area contributed by atoms with Gasteiger partial charge in [0.05, 0.1) is 12.0 Å². The molecule has 24 heavy (non-hydrogen) atoms. The summed E-state index contributed by atoms with van der Waals surface area (Å²) < 4.78 is 2.09. The summed E-state index contributed by atoms with van der Waals surface area (Å²) in [5.41, 5.74) is 0. The normalized spacial score (nSPS) is 26.5. The summed E-state index contributed by atoms with van der Waals surface area (Å²) in [5, 5.41) is 5.15. The minimum Gasteiger partial charge on any atom is -0.351 e. The number of carbonyl (C=O) groups excluding carboxylic acids is 2. The second-order valence-corrected chi connectivity index (χ2v) is 7.49. The first-order chi connectivity index (χ1) is 11.6. The zero-order chi connectivity index (χ0) is 16.7. The van der Waals surface area contributed by atoms with Gasteiger partial charge in [-0.25, -0.2) is 4.98 Å². The second-order valence-electron chi connectivity index (χ2n) is 6.52. The number of nitrogens with one attached hydrogen (secondary N) is 1. The lowest BCUT2D eigenvalue weighted by Gasteiger charge is -2.28. The van der Waals surface area contributed by atoms with Gasteiger partial charge in [0.1, 0.15) is 5.82 Å². The van der Waals surface area contributed by atoms with Gasteiger partial charge in [0.25, 0.3) is 0 Å². The van der Waals surface area contributed by atoms with Gasteiger partial charge in [-0.15, -0.1) is 11.3 Å². The smallest absolute Gasteiger partial charge is 0.226 e. The monoisotopic (exact) mass is 344 g/mol. The molecular weight excluding hydrogens is 324 g/mol. The van der Waals surface area contributed by atoms with Crippen molar-refractivity contribution < 1.29 is 9.59 Å². The standard InChI is InChI=1S/C17H20N4O2S/c1-20-15(22)9-12(16(20)13-3-2-8-24-13)17(23)19-11-4-5-14-18-6-7-21(14)10-11/h2-3,6-8,11-12,16H,4-5,9-10H2,1H3,(H,19,23)/t11-,12-,16-/m0/s1. The highest BCUT2D eigenvalue weighted by atomic mass is 32.1. The fourth-order valence-corrected chi connectivity index (χ4v) is 4.68. The van der Waals surface area contributed by atoms with E-state index in [1.807, 2.05) is 23.7 Å². The van der Waals surface area contributed by atoms with Gasteiger partial charge in [0.2, 0.25) is 11.8 Å². The molecule has 1 saturated heterocycles. The number of likely N-dealkylation sites (tertiary alicyclic amines) is 1. The van der Waals surface area contributed by atoms with Crippen molar-refractivity contribution in [2.75, 3.05) is 7.05 Å². The van der Waals surface area contributed by atoms with Crippen molar-refractivity contribution in [3.63, 3.8) is 0 Å². The topological polar surface area (TPSA) is 67.2 Å². The first-order valence-electron chi connectivity index (χ1n) is 8.23. The number of fused-ring (bicyclic) bond motifs is 1. The van der Waals surface area contributed by atoms with Crippen molar-refractivity contribution in [2.24, 2.45) is 5.92 Å². The number of amides is 2. The van der Waals surface area contributed by atoms with Crippen LogP contribution in [0.5, 0.6) is 0 Å². The molecule has 2 aliphatic heterocycles. The van der Waals surface area contributed by atoms with Crippen LogP contribution in [0, 0.1) is 5.92 Å². The van der Waals surface area contributed by atoms with E-state index in [4.69, 9.17) is 0 Å². The highest BCUT2D eigenvalue weighted by Crippen LogP contribution is 2.39. The number of thiophene rings is 1. The number of aryl methyl sites for hydroxylation is 1. The third kappa shape index (κ3) is 2.62. The molecule has 2 aliphatic rings. The van der Waals surface area contributed by atoms with Crippen LogP contribution in [-0.2, 0) is 22.6 Å². The molecule has 126 valence electrons. The fourth-order valence-electron chi connectivity index (χ4n) is 3.75. The van der Waals surface area contributed by atoms with Crippen LogP contribution < -0.4 is 5.32 Å². The number of hydrogen-bond donors (Lipinski definition) is 1. The second kappa shape index (κ2) is 6.05. The molecule has 0 bridgehead atoms. The van der Waals surface area contributed by atoms with Gasteiger partial charge < -0.3 is 14.8 Å². The largest absolute Gasteiger partial charge is 0.351 e. The quantitative estimate of drug-likeness (QED) is 0.920. The van der Waals surface area contributed by atoms with Crippen molar-refractivity contribution in [3.05, 3.63) is 40.6 Å². The molecule has 0 saturated carbocycles. The Morgan fingerprint density at radius 2 is 2.33 bits per heavy atom. The van der Waals surface area contributed by atoms with E-state index in [-0.39, 0.29) is 36.2 Å². The summed E-state index contributed by atoms with van der Waals surface area (Å²) >= 11 is 1.60. The van der Waals surface area contributed by atoms with Crippen molar-refractivity contribution in [3.8, 4) is 0 Å². The highest BCUT2D eigenvalue weighted by molar-refractivity contribution is 7.10. The maximum absolute atomic E-state index is 12.9. The van der Waals surface area contributed by atoms with Gasteiger partial charge in [0, 0.05) is 49.7 Å². The van der Waals surface area contributed by atoms with E-state index in [0.29, 0.717) is 0 Å². The van der Waals surface area contributed by atoms with E-state index < -0.39 is 0 Å². The number of aromatic nitrogens is 2. The molecule has 4 rings (SSSR count). The van der Waals surface area contributed by atoms with Crippen LogP contribution in [0.15, 0.2) is 29.9 Å². The zero-order valence-electron chi connectivity index (χ0n) is 13.5. The first-order valence-corrected chi connectivity index (χ1v) is 9.11. The van der Waals surface area contributed by atoms with Gasteiger partial charge >= 0.3 is 0 Å². The summed E-state index contributed by atoms with van der Waals surface area (Å²) in [7, 11) is 1.79. The van der Waals surface area contributed by atoms with E-state index in [9.17, 15) is 9.59 Å². The van der Waals surface area contributed by atoms with Crippen molar-refractivity contribution >= 4 is 23.2 Å². The molecule has 6 nitrogen and oxygen atoms in total. The van der Waals surface area contributed by atoms with Gasteiger partial charge in [-0.3, -0.25) is 9.59 Å². The van der Waals surface area contributed by atoms with Gasteiger partial charge in [-0.2, -0.15) is 0 Å². The Kier molecular flexibility index (Phi) is 3.88. The lowest BCUT2D eigenvalue weighted by atomic mass is 9.96. The Labute approximate surface area is 144 Å². The summed E-state index contributed by atoms with van der Waals surface area (Å²) in [5.74, 6) is 0.784. The fraction of sp³-hybridized carbons (Fsp3) is 0.471. The SMILES string of the molecule is CN1C(=O)C[C@H](C(=O)N[C@H]2CCc3nccn3C2)[C@H]1c1cccs1. The van der Waals surface area contributed by atoms with Crippen molar-refractivity contribution in [1.82, 2.24) is 19.8 Å². The third-order valence-corrected chi connectivity index (χ3v) is 5.98. The maximum Gasteiger partial charge on any atom is 0.226 e. The van der Waals surface area contributed by atoms with Gasteiger partial charge in [-0.05, 0) is 17.9 Å². The average molecular weight is 344 g/mol. The third-order valence-electron chi connectivity index (χ3n) is 5.04. The van der Waals surface area contributed by atoms with Crippen LogP contribution >= 0.6 is 11.3 Å². The van der Waals surface area contributed by atoms with Crippen molar-refractivity contribution in [2.45, 2.75) is 37.9 Å². The molecular formula is C17H20N4O2S. The predicted molar refractivity (Wildman–Crippen MR) is 90.4 cm³/mol. The van der Waals surface area contributed by atoms with E-state index >= 15 is 0 Å². The van der Waals surface area contributed by atoms with E-state index in [1.54, 1.807) is 29.5 Å². The lowest BCUT2D eigenvalue weighted by Crippen LogP contribution is -2.44. The maximum atomic E-state index is 12.9. The van der Waals surface area contributed by atoms with Crippen LogP contribution in [-0.4, -0.2) is 39.4 Å². The highest BCUT2D eigenvalue weighted by Gasteiger charge is 2.43. The van der Waals surface area contributed by atoms with E-state index in [0.717, 1.165) is 30.1 Å².